The molecule has 14 rings (SSSR count). The van der Waals surface area contributed by atoms with Crippen LogP contribution in [0.5, 0.6) is 0 Å². The third-order valence-electron chi connectivity index (χ3n) is 16.8. The molecule has 10 aromatic carbocycles. The largest absolute Gasteiger partial charge is 1.00 e. The molecular formula is C82H85B7Cl3N14O10-2. The van der Waals surface area contributed by atoms with Crippen molar-refractivity contribution in [2.24, 2.45) is 0 Å². The van der Waals surface area contributed by atoms with Gasteiger partial charge in [0.05, 0.1) is 10.9 Å². The van der Waals surface area contributed by atoms with E-state index in [4.69, 9.17) is 68.7 Å². The number of pyridine rings is 3. The summed E-state index contributed by atoms with van der Waals surface area (Å²) in [6.07, 6.45) is 8.03. The number of nitrogens with one attached hydrogen (secondary N) is 8. The number of carbonyl (C=O) groups is 2. The molecule has 0 spiro atoms. The number of benzene rings is 10. The van der Waals surface area contributed by atoms with Crippen molar-refractivity contribution in [3.8, 4) is 0 Å². The van der Waals surface area contributed by atoms with Gasteiger partial charge in [-0.1, -0.05) is 41.4 Å². The molecule has 1 atom stereocenters. The standard InChI is InChI=1S/C30H27N5O.C19H17N3O.C11H13ClN2.2C11H12N2O.B7.2ClH.H2O3.O2.H2O/c1-35(2)26-16-17-28-27(20-26)29(18-19-31-28)33-24-10-8-21(9-11-24)30(36)34-25-14-12-23(13-15-25)32-22-6-4-3-5-7-22;20-15-8-6-14(7-9-15)19(23)22-18-12-10-17(11-13-18)21-16-4-2-1-3-5-16;1-14(2)8-3-4-11-9(7-8)10(12)5-6-13-11;2*1-13(2)8-3-4-10-9(7-8)11(14)5-6-12-10;1-5-7(4)6(2)3;;;1-3-2;1-2;/h3-20,32H,1-2H3,(H,31,33)(H,34,36);1-13,21H,20H2,(H,22,23);3-7,10,13H,1-2H3;2*3-7H,1-2H3,(H,12,14);;2*1H;1-2H;;1H2/p-2. The van der Waals surface area contributed by atoms with E-state index in [1.807, 2.05) is 260 Å². The van der Waals surface area contributed by atoms with E-state index >= 15 is 0 Å². The van der Waals surface area contributed by atoms with E-state index < -0.39 is 6.39 Å². The molecule has 0 fully saturated rings. The molecule has 1 aliphatic heterocycles. The van der Waals surface area contributed by atoms with Crippen LogP contribution in [0.25, 0.3) is 32.7 Å². The topological polar surface area (TPSA) is 339 Å². The van der Waals surface area contributed by atoms with Gasteiger partial charge in [-0.25, -0.2) is 10.5 Å². The minimum absolute atomic E-state index is 0. The second kappa shape index (κ2) is 49.3. The third-order valence-corrected chi connectivity index (χ3v) is 17.2. The normalized spacial score (nSPS) is 10.7. The Balaban J connectivity index is 0.000000307. The summed E-state index contributed by atoms with van der Waals surface area (Å²) in [5.74, 6) is -0.316. The molecule has 34 heteroatoms. The molecule has 587 valence electrons. The number of carbonyl (C=O) groups excluding carboxylic acids is 2. The highest BCUT2D eigenvalue weighted by Crippen LogP contribution is 2.35. The number of hydrogen-bond donors (Lipinski definition) is 11. The predicted molar refractivity (Wildman–Crippen MR) is 482 cm³/mol. The van der Waals surface area contributed by atoms with E-state index in [9.17, 15) is 19.2 Å². The van der Waals surface area contributed by atoms with Crippen LogP contribution in [0, 0.1) is 9.93 Å². The number of nitrogens with zero attached hydrogens (tertiary/aromatic N) is 5. The predicted octanol–water partition coefficient (Wildman–Crippen LogP) is 8.00. The number of alkyl halides is 1. The Morgan fingerprint density at radius 2 is 0.871 bits per heavy atom. The summed E-state index contributed by atoms with van der Waals surface area (Å²) in [6.45, 7) is 0. The number of hydrogen-bond acceptors (Lipinski definition) is 19. The summed E-state index contributed by atoms with van der Waals surface area (Å²) >= 11 is 6.18. The number of H-pyrrole nitrogens is 2. The van der Waals surface area contributed by atoms with E-state index in [1.165, 1.54) is 12.7 Å². The zero-order chi connectivity index (χ0) is 81.9. The molecule has 13 aromatic rings. The van der Waals surface area contributed by atoms with Crippen molar-refractivity contribution >= 4 is 187 Å². The van der Waals surface area contributed by atoms with Gasteiger partial charge in [-0.15, -0.1) is 11.6 Å². The van der Waals surface area contributed by atoms with Gasteiger partial charge in [-0.2, -0.15) is 0 Å². The number of rotatable bonds is 16. The van der Waals surface area contributed by atoms with Crippen LogP contribution in [-0.4, -0.2) is 150 Å². The van der Waals surface area contributed by atoms with Crippen LogP contribution in [0.15, 0.2) is 289 Å². The number of nitrogen functional groups attached to an aromatic ring is 1. The zero-order valence-electron chi connectivity index (χ0n) is 64.9. The Hall–Kier alpha value is -12.3. The fraction of sp³-hybridized carbons (Fsp3) is 0.110. The lowest BCUT2D eigenvalue weighted by Crippen LogP contribution is -3.00. The molecule has 3 aromatic heterocycles. The smallest absolute Gasteiger partial charge is 0.255 e. The molecule has 4 heterocycles. The van der Waals surface area contributed by atoms with Crippen LogP contribution in [0.3, 0.4) is 0 Å². The molecule has 0 aliphatic carbocycles. The first kappa shape index (κ1) is 96.0. The summed E-state index contributed by atoms with van der Waals surface area (Å²) in [7, 11) is 37.5. The van der Waals surface area contributed by atoms with Gasteiger partial charge in [0.25, 0.3) is 11.8 Å². The van der Waals surface area contributed by atoms with Gasteiger partial charge in [0.15, 0.2) is 10.9 Å². The van der Waals surface area contributed by atoms with E-state index in [-0.39, 0.29) is 64.7 Å². The van der Waals surface area contributed by atoms with Gasteiger partial charge >= 0.3 is 0 Å². The van der Waals surface area contributed by atoms with Gasteiger partial charge in [0.2, 0.25) is 0 Å². The summed E-state index contributed by atoms with van der Waals surface area (Å²) in [6, 6.07) is 78.5. The molecule has 14 N–H and O–H groups in total. The first-order valence-corrected chi connectivity index (χ1v) is 35.5. The van der Waals surface area contributed by atoms with E-state index in [0.29, 0.717) is 16.8 Å². The molecule has 2 amide bonds. The number of aromatic amines is 2. The lowest BCUT2D eigenvalue weighted by atomic mass is 8.76. The first-order chi connectivity index (χ1) is 54.4. The Bertz CT molecular complexity index is 5220. The highest BCUT2D eigenvalue weighted by atomic mass is 35.5. The molecule has 9 radical (unpaired) electrons. The van der Waals surface area contributed by atoms with Crippen LogP contribution >= 0.6 is 11.6 Å². The maximum absolute atomic E-state index is 12.8. The Morgan fingerprint density at radius 3 is 1.28 bits per heavy atom. The SMILES string of the molecule is CN(C)c1ccc2[nH]ccc(=O)c2c1.CN(C)c1ccc2[nH]ccc(=O)c2c1.CN(C)c1ccc2c(c1)C(Cl)C=CN2.CN(C)c1ccc2nccc(Nc3ccc(C(=O)Nc4ccc(Nc5ccccc5)cc4)cc3)c2c1.Nc1ccc(C(=O)Nc2ccc(Nc3ccccc3)cc2)cc1.O.O=O.OOO.[B][B]B([B])B([B])[B].[Cl-].[Cl-]. The van der Waals surface area contributed by atoms with Crippen molar-refractivity contribution in [1.29, 1.82) is 0 Å². The molecule has 0 saturated carbocycles. The molecule has 116 heavy (non-hydrogen) atoms. The molecular weight excluding hydrogens is 1520 g/mol. The van der Waals surface area contributed by atoms with E-state index in [2.05, 4.69) is 92.0 Å². The highest BCUT2D eigenvalue weighted by molar-refractivity contribution is 7.81. The maximum atomic E-state index is 12.8. The number of fused-ring (bicyclic) bond motifs is 4. The van der Waals surface area contributed by atoms with Gasteiger partial charge in [0, 0.05) is 266 Å². The summed E-state index contributed by atoms with van der Waals surface area (Å²) in [5, 5.41) is 37.1. The summed E-state index contributed by atoms with van der Waals surface area (Å²) < 4.78 is 0. The van der Waals surface area contributed by atoms with Gasteiger partial charge < -0.3 is 97.5 Å². The molecule has 1 unspecified atom stereocenters. The minimum atomic E-state index is -0.537. The molecule has 24 nitrogen and oxygen atoms in total. The fourth-order valence-electron chi connectivity index (χ4n) is 10.6. The average molecular weight is 1610 g/mol. The monoisotopic (exact) mass is 1610 g/mol. The number of allylic oxidation sites excluding steroid dienone is 1. The summed E-state index contributed by atoms with van der Waals surface area (Å²) in [5.41, 5.74) is 24.1. The van der Waals surface area contributed by atoms with Crippen LogP contribution in [-0.2, 0) is 5.04 Å². The van der Waals surface area contributed by atoms with Crippen molar-refractivity contribution < 1.29 is 55.4 Å². The lowest BCUT2D eigenvalue weighted by Gasteiger charge is -2.20. The van der Waals surface area contributed by atoms with E-state index in [0.717, 1.165) is 107 Å². The van der Waals surface area contributed by atoms with Crippen LogP contribution in [0.4, 0.5) is 79.6 Å². The Kier molecular flexibility index (Phi) is 40.9. The van der Waals surface area contributed by atoms with Crippen molar-refractivity contribution in [1.82, 2.24) is 15.0 Å². The number of nitrogens with two attached hydrogens (primary N) is 1. The number of para-hydroxylation sites is 2. The molecule has 0 saturated heterocycles. The minimum Gasteiger partial charge on any atom is -1.00 e. The first-order valence-electron chi connectivity index (χ1n) is 35.1. The summed E-state index contributed by atoms with van der Waals surface area (Å²) in [4.78, 5) is 80.6. The van der Waals surface area contributed by atoms with Gasteiger partial charge in [-0.05, 0) is 218 Å². The Labute approximate surface area is 698 Å². The van der Waals surface area contributed by atoms with Gasteiger partial charge in [0.1, 0.15) is 0 Å². The quantitative estimate of drug-likeness (QED) is 0.0143. The van der Waals surface area contributed by atoms with Gasteiger partial charge in [-0.3, -0.25) is 24.2 Å². The maximum Gasteiger partial charge on any atom is 0.255 e. The third kappa shape index (κ3) is 29.9. The van der Waals surface area contributed by atoms with Crippen LogP contribution in [0.1, 0.15) is 31.7 Å². The lowest BCUT2D eigenvalue weighted by molar-refractivity contribution is -0.465. The molecule has 1 aliphatic rings. The van der Waals surface area contributed by atoms with Crippen LogP contribution < -0.4 is 92.9 Å². The van der Waals surface area contributed by atoms with E-state index in [1.54, 1.807) is 55.0 Å². The van der Waals surface area contributed by atoms with Crippen molar-refractivity contribution in [2.45, 2.75) is 5.38 Å². The number of halogens is 3. The fourth-order valence-corrected chi connectivity index (χ4v) is 10.8. The van der Waals surface area contributed by atoms with Crippen molar-refractivity contribution in [2.75, 3.05) is 114 Å². The van der Waals surface area contributed by atoms with Crippen molar-refractivity contribution in [3.05, 3.63) is 327 Å². The number of anilines is 14. The average Bonchev–Trinajstić information content (AvgIpc) is 0.823. The second-order valence-corrected chi connectivity index (χ2v) is 26.2. The Morgan fingerprint density at radius 1 is 0.500 bits per heavy atom. The second-order valence-electron chi connectivity index (χ2n) is 25.8. The number of amides is 2. The molecule has 0 bridgehead atoms. The zero-order valence-corrected chi connectivity index (χ0v) is 67.1. The van der Waals surface area contributed by atoms with Crippen LogP contribution in [0.2, 0.25) is 0 Å². The van der Waals surface area contributed by atoms with Crippen molar-refractivity contribution in [3.63, 3.8) is 0 Å². The highest BCUT2D eigenvalue weighted by Gasteiger charge is 2.16. The number of aromatic nitrogens is 3.